The second-order valence-electron chi connectivity index (χ2n) is 5.26. The Morgan fingerprint density at radius 2 is 1.81 bits per heavy atom. The van der Waals surface area contributed by atoms with E-state index in [9.17, 15) is 4.79 Å². The van der Waals surface area contributed by atoms with E-state index in [0.29, 0.717) is 12.0 Å². The Kier molecular flexibility index (Phi) is 3.85. The highest BCUT2D eigenvalue weighted by Gasteiger charge is 2.39. The first-order chi connectivity index (χ1) is 7.74. The van der Waals surface area contributed by atoms with Gasteiger partial charge in [0.1, 0.15) is 6.04 Å². The molecule has 2 fully saturated rings. The van der Waals surface area contributed by atoms with Crippen molar-refractivity contribution >= 4 is 5.97 Å². The summed E-state index contributed by atoms with van der Waals surface area (Å²) in [6, 6.07) is 0.642. The lowest BCUT2D eigenvalue weighted by atomic mass is 9.83. The molecule has 16 heavy (non-hydrogen) atoms. The van der Waals surface area contributed by atoms with Crippen LogP contribution in [0.3, 0.4) is 0 Å². The molecule has 2 aliphatic carbocycles. The van der Waals surface area contributed by atoms with E-state index in [1.807, 2.05) is 0 Å². The summed E-state index contributed by atoms with van der Waals surface area (Å²) in [5, 5.41) is 0. The summed E-state index contributed by atoms with van der Waals surface area (Å²) < 4.78 is 4.98. The van der Waals surface area contributed by atoms with E-state index in [4.69, 9.17) is 4.74 Å². The summed E-state index contributed by atoms with van der Waals surface area (Å²) in [5.41, 5.74) is 0. The first-order valence-electron chi connectivity index (χ1n) is 6.54. The predicted molar refractivity (Wildman–Crippen MR) is 63.2 cm³/mol. The fourth-order valence-electron chi connectivity index (χ4n) is 2.97. The summed E-state index contributed by atoms with van der Waals surface area (Å²) in [4.78, 5) is 14.2. The van der Waals surface area contributed by atoms with Gasteiger partial charge in [0, 0.05) is 6.04 Å². The van der Waals surface area contributed by atoms with Crippen molar-refractivity contribution in [1.29, 1.82) is 0 Å². The van der Waals surface area contributed by atoms with Gasteiger partial charge in [-0.15, -0.1) is 0 Å². The molecule has 0 heterocycles. The molecule has 0 radical (unpaired) electrons. The van der Waals surface area contributed by atoms with E-state index >= 15 is 0 Å². The van der Waals surface area contributed by atoms with Crippen LogP contribution >= 0.6 is 0 Å². The van der Waals surface area contributed by atoms with Crippen LogP contribution in [0.25, 0.3) is 0 Å². The number of carbonyl (C=O) groups is 1. The molecule has 2 aliphatic rings. The largest absolute Gasteiger partial charge is 0.468 e. The van der Waals surface area contributed by atoms with Crippen LogP contribution in [0, 0.1) is 5.92 Å². The standard InChI is InChI=1S/C13H23NO2/c1-14(11-8-9-11)12(13(15)16-2)10-6-4-3-5-7-10/h10-12H,3-9H2,1-2H3. The van der Waals surface area contributed by atoms with Crippen molar-refractivity contribution in [3.63, 3.8) is 0 Å². The van der Waals surface area contributed by atoms with Gasteiger partial charge in [-0.05, 0) is 38.6 Å². The zero-order valence-electron chi connectivity index (χ0n) is 10.4. The SMILES string of the molecule is COC(=O)C(C1CCCCC1)N(C)C1CC1. The molecule has 3 heteroatoms. The fourth-order valence-corrected chi connectivity index (χ4v) is 2.97. The minimum atomic E-state index is -0.0266. The Bertz CT molecular complexity index is 244. The number of carbonyl (C=O) groups excluding carboxylic acids is 1. The average molecular weight is 225 g/mol. The highest BCUT2D eigenvalue weighted by atomic mass is 16.5. The molecule has 0 aromatic carbocycles. The zero-order valence-corrected chi connectivity index (χ0v) is 10.4. The number of nitrogens with zero attached hydrogens (tertiary/aromatic N) is 1. The molecule has 92 valence electrons. The zero-order chi connectivity index (χ0) is 11.5. The molecule has 1 atom stereocenters. The van der Waals surface area contributed by atoms with Crippen LogP contribution in [0.4, 0.5) is 0 Å². The lowest BCUT2D eigenvalue weighted by molar-refractivity contribution is -0.149. The van der Waals surface area contributed by atoms with Crippen molar-refractivity contribution in [2.75, 3.05) is 14.2 Å². The molecule has 3 nitrogen and oxygen atoms in total. The second-order valence-corrected chi connectivity index (χ2v) is 5.26. The van der Waals surface area contributed by atoms with Gasteiger partial charge in [-0.25, -0.2) is 0 Å². The number of esters is 1. The van der Waals surface area contributed by atoms with Crippen molar-refractivity contribution in [3.8, 4) is 0 Å². The molecule has 0 N–H and O–H groups in total. The molecule has 0 spiro atoms. The molecule has 0 aromatic rings. The number of hydrogen-bond acceptors (Lipinski definition) is 3. The Labute approximate surface area is 98.1 Å². The third-order valence-electron chi connectivity index (χ3n) is 4.10. The fraction of sp³-hybridized carbons (Fsp3) is 0.923. The van der Waals surface area contributed by atoms with Crippen LogP contribution in [0.1, 0.15) is 44.9 Å². The van der Waals surface area contributed by atoms with Crippen LogP contribution in [-0.2, 0) is 9.53 Å². The van der Waals surface area contributed by atoms with Gasteiger partial charge < -0.3 is 4.74 Å². The molecule has 0 aliphatic heterocycles. The number of methoxy groups -OCH3 is 1. The van der Waals surface area contributed by atoms with Crippen molar-refractivity contribution < 1.29 is 9.53 Å². The van der Waals surface area contributed by atoms with E-state index in [0.717, 1.165) is 0 Å². The monoisotopic (exact) mass is 225 g/mol. The van der Waals surface area contributed by atoms with Crippen molar-refractivity contribution in [2.24, 2.45) is 5.92 Å². The Morgan fingerprint density at radius 3 is 2.31 bits per heavy atom. The molecule has 2 saturated carbocycles. The lowest BCUT2D eigenvalue weighted by Gasteiger charge is -2.34. The molecule has 0 amide bonds. The minimum Gasteiger partial charge on any atom is -0.468 e. The topological polar surface area (TPSA) is 29.5 Å². The average Bonchev–Trinajstić information content (AvgIpc) is 3.14. The van der Waals surface area contributed by atoms with Crippen molar-refractivity contribution in [3.05, 3.63) is 0 Å². The molecule has 1 unspecified atom stereocenters. The first kappa shape index (κ1) is 11.9. The van der Waals surface area contributed by atoms with Gasteiger partial charge in [0.05, 0.1) is 7.11 Å². The number of ether oxygens (including phenoxy) is 1. The summed E-state index contributed by atoms with van der Waals surface area (Å²) in [7, 11) is 3.60. The normalized spacial score (nSPS) is 24.4. The number of likely N-dealkylation sites (N-methyl/N-ethyl adjacent to an activating group) is 1. The minimum absolute atomic E-state index is 0.0119. The predicted octanol–water partition coefficient (Wildman–Crippen LogP) is 2.20. The van der Waals surface area contributed by atoms with E-state index in [1.54, 1.807) is 0 Å². The van der Waals surface area contributed by atoms with Crippen LogP contribution in [0.2, 0.25) is 0 Å². The van der Waals surface area contributed by atoms with Gasteiger partial charge in [-0.1, -0.05) is 19.3 Å². The molecular weight excluding hydrogens is 202 g/mol. The molecular formula is C13H23NO2. The summed E-state index contributed by atoms with van der Waals surface area (Å²) in [6.45, 7) is 0. The highest BCUT2D eigenvalue weighted by molar-refractivity contribution is 5.76. The van der Waals surface area contributed by atoms with Crippen LogP contribution in [0.5, 0.6) is 0 Å². The van der Waals surface area contributed by atoms with Gasteiger partial charge >= 0.3 is 5.97 Å². The summed E-state index contributed by atoms with van der Waals surface area (Å²) in [6.07, 6.45) is 8.76. The Hall–Kier alpha value is -0.570. The van der Waals surface area contributed by atoms with E-state index < -0.39 is 0 Å². The quantitative estimate of drug-likeness (QED) is 0.687. The number of rotatable bonds is 4. The Balaban J connectivity index is 2.02. The third kappa shape index (κ3) is 2.57. The van der Waals surface area contributed by atoms with Crippen LogP contribution < -0.4 is 0 Å². The first-order valence-corrected chi connectivity index (χ1v) is 6.54. The van der Waals surface area contributed by atoms with Gasteiger partial charge in [0.15, 0.2) is 0 Å². The molecule has 0 aromatic heterocycles. The maximum atomic E-state index is 11.9. The molecule has 2 rings (SSSR count). The third-order valence-corrected chi connectivity index (χ3v) is 4.10. The van der Waals surface area contributed by atoms with Crippen molar-refractivity contribution in [2.45, 2.75) is 57.0 Å². The van der Waals surface area contributed by atoms with E-state index in [2.05, 4.69) is 11.9 Å². The lowest BCUT2D eigenvalue weighted by Crippen LogP contribution is -2.46. The van der Waals surface area contributed by atoms with E-state index in [-0.39, 0.29) is 12.0 Å². The maximum absolute atomic E-state index is 11.9. The summed E-state index contributed by atoms with van der Waals surface area (Å²) in [5.74, 6) is 0.494. The van der Waals surface area contributed by atoms with Gasteiger partial charge in [-0.2, -0.15) is 0 Å². The molecule has 0 saturated heterocycles. The Morgan fingerprint density at radius 1 is 1.19 bits per heavy atom. The smallest absolute Gasteiger partial charge is 0.323 e. The summed E-state index contributed by atoms with van der Waals surface area (Å²) >= 11 is 0. The van der Waals surface area contributed by atoms with Gasteiger partial charge in [0.2, 0.25) is 0 Å². The second kappa shape index (κ2) is 5.17. The highest BCUT2D eigenvalue weighted by Crippen LogP contribution is 2.34. The maximum Gasteiger partial charge on any atom is 0.323 e. The van der Waals surface area contributed by atoms with Crippen LogP contribution in [-0.4, -0.2) is 37.1 Å². The van der Waals surface area contributed by atoms with Gasteiger partial charge in [-0.3, -0.25) is 9.69 Å². The van der Waals surface area contributed by atoms with Gasteiger partial charge in [0.25, 0.3) is 0 Å². The number of hydrogen-bond donors (Lipinski definition) is 0. The van der Waals surface area contributed by atoms with Crippen molar-refractivity contribution in [1.82, 2.24) is 4.90 Å². The van der Waals surface area contributed by atoms with Crippen LogP contribution in [0.15, 0.2) is 0 Å². The molecule has 0 bridgehead atoms. The van der Waals surface area contributed by atoms with E-state index in [1.165, 1.54) is 52.1 Å².